The highest BCUT2D eigenvalue weighted by atomic mass is 16.5. The molecule has 1 N–H and O–H groups in total. The number of aromatic nitrogens is 1. The molecule has 1 amide bonds. The lowest BCUT2D eigenvalue weighted by Gasteiger charge is -2.29. The molecular formula is C15H22N2O2. The molecule has 1 fully saturated rings. The molecule has 104 valence electrons. The van der Waals surface area contributed by atoms with Gasteiger partial charge in [0.2, 0.25) is 5.88 Å². The summed E-state index contributed by atoms with van der Waals surface area (Å²) in [4.78, 5) is 16.4. The Kier molecular flexibility index (Phi) is 4.77. The van der Waals surface area contributed by atoms with Gasteiger partial charge in [0.25, 0.3) is 5.91 Å². The Labute approximate surface area is 114 Å². The van der Waals surface area contributed by atoms with Crippen LogP contribution in [0.15, 0.2) is 18.3 Å². The molecule has 2 rings (SSSR count). The topological polar surface area (TPSA) is 51.2 Å². The van der Waals surface area contributed by atoms with Crippen molar-refractivity contribution in [1.29, 1.82) is 0 Å². The molecule has 0 aromatic carbocycles. The smallest absolute Gasteiger partial charge is 0.256 e. The zero-order valence-electron chi connectivity index (χ0n) is 11.7. The summed E-state index contributed by atoms with van der Waals surface area (Å²) in [6, 6.07) is 3.80. The number of nitrogens with zero attached hydrogens (tertiary/aromatic N) is 1. The Morgan fingerprint density at radius 2 is 2.26 bits per heavy atom. The molecule has 1 aliphatic rings. The minimum atomic E-state index is -0.0738. The summed E-state index contributed by atoms with van der Waals surface area (Å²) in [5.41, 5.74) is 0.530. The third kappa shape index (κ3) is 3.46. The van der Waals surface area contributed by atoms with E-state index in [2.05, 4.69) is 17.2 Å². The summed E-state index contributed by atoms with van der Waals surface area (Å²) < 4.78 is 5.40. The van der Waals surface area contributed by atoms with Gasteiger partial charge in [0.15, 0.2) is 0 Å². The van der Waals surface area contributed by atoms with Gasteiger partial charge in [-0.25, -0.2) is 4.98 Å². The number of carbonyl (C=O) groups is 1. The molecule has 1 aliphatic carbocycles. The zero-order valence-corrected chi connectivity index (χ0v) is 11.7. The molecule has 0 radical (unpaired) electrons. The van der Waals surface area contributed by atoms with Gasteiger partial charge < -0.3 is 10.1 Å². The number of ether oxygens (including phenoxy) is 1. The second-order valence-corrected chi connectivity index (χ2v) is 5.13. The van der Waals surface area contributed by atoms with Gasteiger partial charge in [-0.1, -0.05) is 19.8 Å². The van der Waals surface area contributed by atoms with Crippen molar-refractivity contribution in [2.24, 2.45) is 5.92 Å². The van der Waals surface area contributed by atoms with Crippen LogP contribution in [0.4, 0.5) is 0 Å². The average molecular weight is 262 g/mol. The molecule has 1 heterocycles. The summed E-state index contributed by atoms with van der Waals surface area (Å²) in [6.45, 7) is 4.60. The van der Waals surface area contributed by atoms with Crippen LogP contribution in [0.3, 0.4) is 0 Å². The predicted octanol–water partition coefficient (Wildman–Crippen LogP) is 2.79. The summed E-state index contributed by atoms with van der Waals surface area (Å²) in [5.74, 6) is 0.895. The van der Waals surface area contributed by atoms with E-state index in [4.69, 9.17) is 4.74 Å². The van der Waals surface area contributed by atoms with E-state index in [1.54, 1.807) is 18.3 Å². The minimum Gasteiger partial charge on any atom is -0.477 e. The first-order chi connectivity index (χ1) is 9.22. The Bertz CT molecular complexity index is 434. The Morgan fingerprint density at radius 1 is 1.47 bits per heavy atom. The van der Waals surface area contributed by atoms with Crippen LogP contribution < -0.4 is 10.1 Å². The number of carbonyl (C=O) groups excluding carboxylic acids is 1. The highest BCUT2D eigenvalue weighted by Crippen LogP contribution is 2.24. The zero-order chi connectivity index (χ0) is 13.7. The Hall–Kier alpha value is -1.58. The largest absolute Gasteiger partial charge is 0.477 e. The maximum absolute atomic E-state index is 12.3. The summed E-state index contributed by atoms with van der Waals surface area (Å²) >= 11 is 0. The minimum absolute atomic E-state index is 0.0738. The Balaban J connectivity index is 2.06. The number of hydrogen-bond donors (Lipinski definition) is 1. The molecule has 0 spiro atoms. The summed E-state index contributed by atoms with van der Waals surface area (Å²) in [6.07, 6.45) is 6.36. The molecule has 2 unspecified atom stereocenters. The second-order valence-electron chi connectivity index (χ2n) is 5.13. The van der Waals surface area contributed by atoms with Crippen molar-refractivity contribution in [2.75, 3.05) is 6.61 Å². The van der Waals surface area contributed by atoms with Gasteiger partial charge in [0.1, 0.15) is 5.56 Å². The van der Waals surface area contributed by atoms with Gasteiger partial charge in [0, 0.05) is 12.2 Å². The van der Waals surface area contributed by atoms with Gasteiger partial charge >= 0.3 is 0 Å². The van der Waals surface area contributed by atoms with Gasteiger partial charge in [0.05, 0.1) is 6.61 Å². The number of amides is 1. The molecule has 19 heavy (non-hydrogen) atoms. The van der Waals surface area contributed by atoms with Crippen molar-refractivity contribution < 1.29 is 9.53 Å². The fraction of sp³-hybridized carbons (Fsp3) is 0.600. The first kappa shape index (κ1) is 13.8. The van der Waals surface area contributed by atoms with Gasteiger partial charge in [-0.05, 0) is 37.8 Å². The van der Waals surface area contributed by atoms with Gasteiger partial charge in [-0.3, -0.25) is 4.79 Å². The van der Waals surface area contributed by atoms with E-state index in [-0.39, 0.29) is 11.9 Å². The number of pyridine rings is 1. The molecule has 1 saturated carbocycles. The standard InChI is InChI=1S/C15H22N2O2/c1-3-19-15-12(8-6-10-16-15)14(18)17-13-9-5-4-7-11(13)2/h6,8,10-11,13H,3-5,7,9H2,1-2H3,(H,17,18). The maximum Gasteiger partial charge on any atom is 0.256 e. The van der Waals surface area contributed by atoms with Crippen LogP contribution in [0.25, 0.3) is 0 Å². The highest BCUT2D eigenvalue weighted by molar-refractivity contribution is 5.96. The first-order valence-corrected chi connectivity index (χ1v) is 7.11. The van der Waals surface area contributed by atoms with E-state index in [0.29, 0.717) is 24.0 Å². The summed E-state index contributed by atoms with van der Waals surface area (Å²) in [7, 11) is 0. The van der Waals surface area contributed by atoms with Gasteiger partial charge in [-0.2, -0.15) is 0 Å². The maximum atomic E-state index is 12.3. The molecule has 0 bridgehead atoms. The van der Waals surface area contributed by atoms with Crippen molar-refractivity contribution in [3.8, 4) is 5.88 Å². The van der Waals surface area contributed by atoms with Crippen molar-refractivity contribution in [1.82, 2.24) is 10.3 Å². The van der Waals surface area contributed by atoms with E-state index in [1.807, 2.05) is 6.92 Å². The average Bonchev–Trinajstić information content (AvgIpc) is 2.42. The van der Waals surface area contributed by atoms with Crippen molar-refractivity contribution in [3.05, 3.63) is 23.9 Å². The third-order valence-electron chi connectivity index (χ3n) is 3.72. The van der Waals surface area contributed by atoms with Crippen LogP contribution in [0, 0.1) is 5.92 Å². The van der Waals surface area contributed by atoms with Crippen LogP contribution in [0.5, 0.6) is 5.88 Å². The lowest BCUT2D eigenvalue weighted by Crippen LogP contribution is -2.41. The molecule has 1 aromatic heterocycles. The van der Waals surface area contributed by atoms with Gasteiger partial charge in [-0.15, -0.1) is 0 Å². The quantitative estimate of drug-likeness (QED) is 0.907. The number of hydrogen-bond acceptors (Lipinski definition) is 3. The van der Waals surface area contributed by atoms with Crippen LogP contribution in [0.1, 0.15) is 49.9 Å². The highest BCUT2D eigenvalue weighted by Gasteiger charge is 2.24. The van der Waals surface area contributed by atoms with Crippen molar-refractivity contribution >= 4 is 5.91 Å². The molecule has 2 atom stereocenters. The number of rotatable bonds is 4. The van der Waals surface area contributed by atoms with Crippen LogP contribution in [0.2, 0.25) is 0 Å². The number of nitrogens with one attached hydrogen (secondary N) is 1. The van der Waals surface area contributed by atoms with E-state index in [1.165, 1.54) is 19.3 Å². The van der Waals surface area contributed by atoms with E-state index < -0.39 is 0 Å². The van der Waals surface area contributed by atoms with E-state index in [0.717, 1.165) is 6.42 Å². The Morgan fingerprint density at radius 3 is 3.00 bits per heavy atom. The monoisotopic (exact) mass is 262 g/mol. The van der Waals surface area contributed by atoms with Crippen LogP contribution in [-0.4, -0.2) is 23.5 Å². The molecule has 1 aromatic rings. The van der Waals surface area contributed by atoms with Crippen molar-refractivity contribution in [3.63, 3.8) is 0 Å². The molecular weight excluding hydrogens is 240 g/mol. The molecule has 4 heteroatoms. The molecule has 4 nitrogen and oxygen atoms in total. The molecule has 0 saturated heterocycles. The SMILES string of the molecule is CCOc1ncccc1C(=O)NC1CCCCC1C. The van der Waals surface area contributed by atoms with Crippen molar-refractivity contribution in [2.45, 2.75) is 45.6 Å². The normalized spacial score (nSPS) is 22.8. The lowest BCUT2D eigenvalue weighted by atomic mass is 9.86. The second kappa shape index (κ2) is 6.55. The predicted molar refractivity (Wildman–Crippen MR) is 74.3 cm³/mol. The summed E-state index contributed by atoms with van der Waals surface area (Å²) in [5, 5.41) is 3.12. The third-order valence-corrected chi connectivity index (χ3v) is 3.72. The molecule has 0 aliphatic heterocycles. The fourth-order valence-corrected chi connectivity index (χ4v) is 2.59. The fourth-order valence-electron chi connectivity index (χ4n) is 2.59. The van der Waals surface area contributed by atoms with Crippen LogP contribution >= 0.6 is 0 Å². The van der Waals surface area contributed by atoms with E-state index in [9.17, 15) is 4.79 Å². The lowest BCUT2D eigenvalue weighted by molar-refractivity contribution is 0.0905. The first-order valence-electron chi connectivity index (χ1n) is 7.11. The van der Waals surface area contributed by atoms with Crippen LogP contribution in [-0.2, 0) is 0 Å². The van der Waals surface area contributed by atoms with E-state index >= 15 is 0 Å².